The fraction of sp³-hybridized carbons (Fsp3) is 0. The van der Waals surface area contributed by atoms with E-state index in [4.69, 9.17) is 10.5 Å². The average molecular weight is 136 g/mol. The Bertz CT molecular complexity index is 295. The van der Waals surface area contributed by atoms with E-state index in [0.717, 1.165) is 0 Å². The van der Waals surface area contributed by atoms with E-state index in [9.17, 15) is 4.39 Å². The molecule has 0 bridgehead atoms. The summed E-state index contributed by atoms with van der Waals surface area (Å²) in [5.74, 6) is 0. The van der Waals surface area contributed by atoms with Gasteiger partial charge in [-0.15, -0.1) is 0 Å². The van der Waals surface area contributed by atoms with Gasteiger partial charge < -0.3 is 4.98 Å². The molecule has 1 N–H and O–H groups in total. The minimum absolute atomic E-state index is 0.139. The summed E-state index contributed by atoms with van der Waals surface area (Å²) in [5.41, 5.74) is -0.347. The SMILES string of the molecule is N#Cc1nc(F)[nH]c1C#N. The van der Waals surface area contributed by atoms with Gasteiger partial charge in [0.2, 0.25) is 0 Å². The molecule has 1 aromatic heterocycles. The van der Waals surface area contributed by atoms with Crippen molar-refractivity contribution in [3.63, 3.8) is 0 Å². The van der Waals surface area contributed by atoms with Gasteiger partial charge in [-0.05, 0) is 0 Å². The first kappa shape index (κ1) is 6.24. The zero-order chi connectivity index (χ0) is 7.56. The van der Waals surface area contributed by atoms with E-state index >= 15 is 0 Å². The van der Waals surface area contributed by atoms with Crippen LogP contribution in [0.3, 0.4) is 0 Å². The monoisotopic (exact) mass is 136 g/mol. The van der Waals surface area contributed by atoms with Crippen LogP contribution in [0.15, 0.2) is 0 Å². The first-order valence-electron chi connectivity index (χ1n) is 2.33. The first-order valence-corrected chi connectivity index (χ1v) is 2.33. The third-order valence-corrected chi connectivity index (χ3v) is 0.893. The Labute approximate surface area is 55.5 Å². The van der Waals surface area contributed by atoms with Crippen LogP contribution >= 0.6 is 0 Å². The summed E-state index contributed by atoms with van der Waals surface area (Å²) >= 11 is 0. The van der Waals surface area contributed by atoms with Crippen molar-refractivity contribution in [1.82, 2.24) is 9.97 Å². The lowest BCUT2D eigenvalue weighted by Crippen LogP contribution is -1.77. The van der Waals surface area contributed by atoms with Crippen LogP contribution in [0.2, 0.25) is 0 Å². The molecule has 0 saturated carbocycles. The second-order valence-corrected chi connectivity index (χ2v) is 1.47. The number of aromatic amines is 1. The third-order valence-electron chi connectivity index (χ3n) is 0.893. The molecule has 48 valence electrons. The predicted molar refractivity (Wildman–Crippen MR) is 28.0 cm³/mol. The van der Waals surface area contributed by atoms with Gasteiger partial charge in [-0.3, -0.25) is 0 Å². The molecule has 1 rings (SSSR count). The molecule has 0 atom stereocenters. The van der Waals surface area contributed by atoms with Crippen molar-refractivity contribution in [2.75, 3.05) is 0 Å². The molecule has 1 heterocycles. The van der Waals surface area contributed by atoms with Gasteiger partial charge in [-0.1, -0.05) is 0 Å². The minimum atomic E-state index is -0.909. The number of imidazole rings is 1. The number of hydrogen-bond acceptors (Lipinski definition) is 3. The maximum Gasteiger partial charge on any atom is 0.288 e. The van der Waals surface area contributed by atoms with Crippen LogP contribution in [0.5, 0.6) is 0 Å². The molecule has 0 aliphatic rings. The van der Waals surface area contributed by atoms with Crippen molar-refractivity contribution >= 4 is 0 Å². The predicted octanol–water partition coefficient (Wildman–Crippen LogP) is 0.292. The van der Waals surface area contributed by atoms with Gasteiger partial charge in [0, 0.05) is 0 Å². The molecule has 0 fully saturated rings. The van der Waals surface area contributed by atoms with Crippen molar-refractivity contribution in [2.24, 2.45) is 0 Å². The van der Waals surface area contributed by atoms with E-state index < -0.39 is 6.08 Å². The summed E-state index contributed by atoms with van der Waals surface area (Å²) in [6, 6.07) is 3.15. The Hall–Kier alpha value is -1.88. The Morgan fingerprint density at radius 1 is 1.40 bits per heavy atom. The molecule has 0 aliphatic carbocycles. The second kappa shape index (κ2) is 2.16. The van der Waals surface area contributed by atoms with Gasteiger partial charge >= 0.3 is 0 Å². The van der Waals surface area contributed by atoms with E-state index in [1.54, 1.807) is 12.1 Å². The number of hydrogen-bond donors (Lipinski definition) is 1. The van der Waals surface area contributed by atoms with E-state index in [2.05, 4.69) is 4.98 Å². The Kier molecular flexibility index (Phi) is 1.35. The van der Waals surface area contributed by atoms with Gasteiger partial charge in [0.1, 0.15) is 12.1 Å². The molecule has 5 heteroatoms. The van der Waals surface area contributed by atoms with Gasteiger partial charge in [0.15, 0.2) is 11.4 Å². The molecule has 4 nitrogen and oxygen atoms in total. The summed E-state index contributed by atoms with van der Waals surface area (Å²) < 4.78 is 12.1. The van der Waals surface area contributed by atoms with Gasteiger partial charge in [0.05, 0.1) is 0 Å². The van der Waals surface area contributed by atoms with Crippen LogP contribution in [-0.4, -0.2) is 9.97 Å². The van der Waals surface area contributed by atoms with Gasteiger partial charge in [-0.2, -0.15) is 19.9 Å². The number of aromatic nitrogens is 2. The highest BCUT2D eigenvalue weighted by Crippen LogP contribution is 2.00. The lowest BCUT2D eigenvalue weighted by Gasteiger charge is -1.72. The summed E-state index contributed by atoms with van der Waals surface area (Å²) in [6.45, 7) is 0. The number of H-pyrrole nitrogens is 1. The number of halogens is 1. The maximum absolute atomic E-state index is 12.1. The Morgan fingerprint density at radius 2 is 2.10 bits per heavy atom. The Morgan fingerprint density at radius 3 is 2.50 bits per heavy atom. The summed E-state index contributed by atoms with van der Waals surface area (Å²) in [5, 5.41) is 16.4. The highest BCUT2D eigenvalue weighted by molar-refractivity contribution is 5.34. The maximum atomic E-state index is 12.1. The van der Waals surface area contributed by atoms with Crippen molar-refractivity contribution in [2.45, 2.75) is 0 Å². The quantitative estimate of drug-likeness (QED) is 0.556. The molecule has 0 aliphatic heterocycles. The summed E-state index contributed by atoms with van der Waals surface area (Å²) in [4.78, 5) is 5.08. The van der Waals surface area contributed by atoms with Gasteiger partial charge in [0.25, 0.3) is 6.08 Å². The Balaban J connectivity index is 3.28. The molecule has 0 unspecified atom stereocenters. The zero-order valence-electron chi connectivity index (χ0n) is 4.72. The number of rotatable bonds is 0. The second-order valence-electron chi connectivity index (χ2n) is 1.47. The molecule has 0 saturated heterocycles. The highest BCUT2D eigenvalue weighted by atomic mass is 19.1. The number of nitriles is 2. The first-order chi connectivity index (χ1) is 4.77. The molecule has 0 aromatic carbocycles. The van der Waals surface area contributed by atoms with Crippen molar-refractivity contribution < 1.29 is 4.39 Å². The van der Waals surface area contributed by atoms with Gasteiger partial charge in [-0.25, -0.2) is 0 Å². The lowest BCUT2D eigenvalue weighted by molar-refractivity contribution is 0.551. The molecule has 0 spiro atoms. The fourth-order valence-electron chi connectivity index (χ4n) is 0.506. The van der Waals surface area contributed by atoms with Crippen LogP contribution in [0, 0.1) is 28.7 Å². The number of nitrogens with one attached hydrogen (secondary N) is 1. The highest BCUT2D eigenvalue weighted by Gasteiger charge is 2.06. The standard InChI is InChI=1S/C5HFN4/c6-5-9-3(1-7)4(2-8)10-5/h(H,9,10). The van der Waals surface area contributed by atoms with E-state index in [1.165, 1.54) is 0 Å². The average Bonchev–Trinajstić information content (AvgIpc) is 2.30. The van der Waals surface area contributed by atoms with Crippen molar-refractivity contribution in [1.29, 1.82) is 10.5 Å². The zero-order valence-corrected chi connectivity index (χ0v) is 4.72. The summed E-state index contributed by atoms with van der Waals surface area (Å²) in [6.07, 6.45) is -0.909. The van der Waals surface area contributed by atoms with Crippen LogP contribution in [0.4, 0.5) is 4.39 Å². The lowest BCUT2D eigenvalue weighted by atomic mass is 10.4. The summed E-state index contributed by atoms with van der Waals surface area (Å²) in [7, 11) is 0. The number of nitrogens with zero attached hydrogens (tertiary/aromatic N) is 3. The molecule has 0 radical (unpaired) electrons. The van der Waals surface area contributed by atoms with Crippen molar-refractivity contribution in [3.05, 3.63) is 17.5 Å². The van der Waals surface area contributed by atoms with E-state index in [0.29, 0.717) is 0 Å². The van der Waals surface area contributed by atoms with Crippen LogP contribution in [-0.2, 0) is 0 Å². The largest absolute Gasteiger partial charge is 0.305 e. The smallest absolute Gasteiger partial charge is 0.288 e. The molecule has 0 amide bonds. The van der Waals surface area contributed by atoms with E-state index in [-0.39, 0.29) is 11.4 Å². The third kappa shape index (κ3) is 0.805. The minimum Gasteiger partial charge on any atom is -0.305 e. The van der Waals surface area contributed by atoms with Crippen LogP contribution in [0.1, 0.15) is 11.4 Å². The topological polar surface area (TPSA) is 76.3 Å². The van der Waals surface area contributed by atoms with E-state index in [1.807, 2.05) is 4.98 Å². The normalized spacial score (nSPS) is 8.30. The molecular formula is C5HFN4. The molecule has 10 heavy (non-hydrogen) atoms. The van der Waals surface area contributed by atoms with Crippen LogP contribution in [0.25, 0.3) is 0 Å². The fourth-order valence-corrected chi connectivity index (χ4v) is 0.506. The molecular weight excluding hydrogens is 135 g/mol. The van der Waals surface area contributed by atoms with Crippen LogP contribution < -0.4 is 0 Å². The van der Waals surface area contributed by atoms with Crippen molar-refractivity contribution in [3.8, 4) is 12.1 Å². The molecule has 1 aromatic rings.